The molecule has 33 heavy (non-hydrogen) atoms. The molecule has 172 valence electrons. The van der Waals surface area contributed by atoms with Crippen LogP contribution in [-0.4, -0.2) is 31.8 Å². The Morgan fingerprint density at radius 2 is 1.48 bits per heavy atom. The van der Waals surface area contributed by atoms with E-state index in [9.17, 15) is 9.59 Å². The first-order chi connectivity index (χ1) is 16.1. The van der Waals surface area contributed by atoms with Crippen LogP contribution in [0.25, 0.3) is 0 Å². The molecule has 0 aromatic heterocycles. The average molecular weight is 449 g/mol. The molecule has 3 aromatic rings. The molecule has 0 spiro atoms. The van der Waals surface area contributed by atoms with E-state index in [2.05, 4.69) is 13.8 Å². The van der Waals surface area contributed by atoms with Crippen molar-refractivity contribution in [3.05, 3.63) is 90.0 Å². The Bertz CT molecular complexity index is 1030. The van der Waals surface area contributed by atoms with Crippen molar-refractivity contribution in [2.45, 2.75) is 26.2 Å². The van der Waals surface area contributed by atoms with Gasteiger partial charge in [-0.15, -0.1) is 0 Å². The van der Waals surface area contributed by atoms with Gasteiger partial charge in [-0.2, -0.15) is 0 Å². The normalized spacial score (nSPS) is 11.3. The Morgan fingerprint density at radius 1 is 0.788 bits per heavy atom. The zero-order valence-electron chi connectivity index (χ0n) is 18.9. The number of esters is 2. The number of hydrogen-bond acceptors (Lipinski definition) is 6. The maximum absolute atomic E-state index is 12.2. The van der Waals surface area contributed by atoms with E-state index in [1.54, 1.807) is 24.3 Å². The van der Waals surface area contributed by atoms with Crippen molar-refractivity contribution in [3.63, 3.8) is 0 Å². The predicted octanol–water partition coefficient (Wildman–Crippen LogP) is 5.42. The van der Waals surface area contributed by atoms with Crippen LogP contribution in [0.15, 0.2) is 78.9 Å². The third-order valence-electron chi connectivity index (χ3n) is 5.06. The fourth-order valence-corrected chi connectivity index (χ4v) is 3.09. The quantitative estimate of drug-likeness (QED) is 0.222. The summed E-state index contributed by atoms with van der Waals surface area (Å²) in [7, 11) is 0. The van der Waals surface area contributed by atoms with Crippen molar-refractivity contribution in [2.24, 2.45) is 0 Å². The molecule has 0 fully saturated rings. The van der Waals surface area contributed by atoms with Crippen LogP contribution >= 0.6 is 0 Å². The highest BCUT2D eigenvalue weighted by Crippen LogP contribution is 2.28. The first-order valence-corrected chi connectivity index (χ1v) is 10.9. The zero-order chi connectivity index (χ0) is 23.5. The van der Waals surface area contributed by atoms with Crippen molar-refractivity contribution in [2.75, 3.05) is 19.8 Å². The van der Waals surface area contributed by atoms with Gasteiger partial charge < -0.3 is 18.9 Å². The van der Waals surface area contributed by atoms with E-state index < -0.39 is 11.9 Å². The standard InChI is InChI=1S/C27H28O6/c1-3-20(2)24-11-7-8-12-25(24)32-19-26(28)33-23-15-13-21(14-16-23)27(29)31-18-17-30-22-9-5-4-6-10-22/h4-16,20H,3,17-19H2,1-2H3. The molecule has 0 aliphatic rings. The van der Waals surface area contributed by atoms with Gasteiger partial charge in [0.2, 0.25) is 0 Å². The molecule has 0 amide bonds. The molecule has 0 N–H and O–H groups in total. The molecule has 0 bridgehead atoms. The van der Waals surface area contributed by atoms with Gasteiger partial charge in [0.05, 0.1) is 5.56 Å². The van der Waals surface area contributed by atoms with Crippen LogP contribution in [0.3, 0.4) is 0 Å². The number of hydrogen-bond donors (Lipinski definition) is 0. The maximum atomic E-state index is 12.2. The summed E-state index contributed by atoms with van der Waals surface area (Å²) in [5.74, 6) is 1.04. The molecule has 6 nitrogen and oxygen atoms in total. The molecule has 6 heteroatoms. The summed E-state index contributed by atoms with van der Waals surface area (Å²) in [6.45, 7) is 4.39. The molecule has 0 heterocycles. The lowest BCUT2D eigenvalue weighted by Gasteiger charge is -2.15. The number of ether oxygens (including phenoxy) is 4. The number of benzene rings is 3. The lowest BCUT2D eigenvalue weighted by Crippen LogP contribution is -2.18. The highest BCUT2D eigenvalue weighted by molar-refractivity contribution is 5.89. The van der Waals surface area contributed by atoms with Crippen molar-refractivity contribution in [1.29, 1.82) is 0 Å². The molecule has 1 unspecified atom stereocenters. The Hall–Kier alpha value is -3.80. The van der Waals surface area contributed by atoms with Crippen LogP contribution in [0.2, 0.25) is 0 Å². The molecule has 0 radical (unpaired) electrons. The minimum absolute atomic E-state index is 0.125. The smallest absolute Gasteiger partial charge is 0.349 e. The summed E-state index contributed by atoms with van der Waals surface area (Å²) in [6.07, 6.45) is 0.972. The lowest BCUT2D eigenvalue weighted by atomic mass is 9.98. The molecule has 0 aliphatic carbocycles. The monoisotopic (exact) mass is 448 g/mol. The van der Waals surface area contributed by atoms with E-state index in [0.717, 1.165) is 12.0 Å². The molecule has 3 aromatic carbocycles. The minimum Gasteiger partial charge on any atom is -0.490 e. The van der Waals surface area contributed by atoms with Crippen LogP contribution in [0.5, 0.6) is 17.2 Å². The number of rotatable bonds is 11. The predicted molar refractivity (Wildman–Crippen MR) is 125 cm³/mol. The Labute approximate surface area is 194 Å². The molecule has 3 rings (SSSR count). The van der Waals surface area contributed by atoms with Crippen LogP contribution in [0.4, 0.5) is 0 Å². The second-order valence-corrected chi connectivity index (χ2v) is 7.43. The van der Waals surface area contributed by atoms with E-state index in [0.29, 0.717) is 28.7 Å². The van der Waals surface area contributed by atoms with Gasteiger partial charge in [0, 0.05) is 0 Å². The number of carbonyl (C=O) groups excluding carboxylic acids is 2. The Kier molecular flexibility index (Phi) is 8.88. The Balaban J connectivity index is 1.43. The third-order valence-corrected chi connectivity index (χ3v) is 5.06. The van der Waals surface area contributed by atoms with E-state index >= 15 is 0 Å². The summed E-state index contributed by atoms with van der Waals surface area (Å²) in [5, 5.41) is 0. The van der Waals surface area contributed by atoms with Crippen LogP contribution < -0.4 is 14.2 Å². The lowest BCUT2D eigenvalue weighted by molar-refractivity contribution is -0.136. The van der Waals surface area contributed by atoms with Gasteiger partial charge in [-0.05, 0) is 60.4 Å². The summed E-state index contributed by atoms with van der Waals surface area (Å²) in [5.41, 5.74) is 1.41. The molecule has 0 saturated heterocycles. The highest BCUT2D eigenvalue weighted by Gasteiger charge is 2.13. The van der Waals surface area contributed by atoms with E-state index in [1.807, 2.05) is 54.6 Å². The number of para-hydroxylation sites is 2. The van der Waals surface area contributed by atoms with Gasteiger partial charge in [-0.25, -0.2) is 9.59 Å². The van der Waals surface area contributed by atoms with Crippen LogP contribution in [-0.2, 0) is 9.53 Å². The molecular weight excluding hydrogens is 420 g/mol. The van der Waals surface area contributed by atoms with Crippen molar-refractivity contribution in [3.8, 4) is 17.2 Å². The maximum Gasteiger partial charge on any atom is 0.349 e. The second kappa shape index (κ2) is 12.3. The van der Waals surface area contributed by atoms with Gasteiger partial charge >= 0.3 is 11.9 Å². The molecule has 0 saturated carbocycles. The SMILES string of the molecule is CCC(C)c1ccccc1OCC(=O)Oc1ccc(C(=O)OCCOc2ccccc2)cc1. The van der Waals surface area contributed by atoms with E-state index in [4.69, 9.17) is 18.9 Å². The highest BCUT2D eigenvalue weighted by atomic mass is 16.6. The Morgan fingerprint density at radius 3 is 2.21 bits per heavy atom. The van der Waals surface area contributed by atoms with Gasteiger partial charge in [-0.1, -0.05) is 50.2 Å². The minimum atomic E-state index is -0.526. The summed E-state index contributed by atoms with van der Waals surface area (Å²) >= 11 is 0. The number of carbonyl (C=O) groups is 2. The summed E-state index contributed by atoms with van der Waals surface area (Å²) in [4.78, 5) is 24.3. The fraction of sp³-hybridized carbons (Fsp3) is 0.259. The van der Waals surface area contributed by atoms with Gasteiger partial charge in [0.25, 0.3) is 0 Å². The van der Waals surface area contributed by atoms with Gasteiger partial charge in [0.15, 0.2) is 6.61 Å². The van der Waals surface area contributed by atoms with Crippen molar-refractivity contribution >= 4 is 11.9 Å². The topological polar surface area (TPSA) is 71.1 Å². The average Bonchev–Trinajstić information content (AvgIpc) is 2.86. The van der Waals surface area contributed by atoms with Crippen molar-refractivity contribution < 1.29 is 28.5 Å². The molecule has 1 atom stereocenters. The first-order valence-electron chi connectivity index (χ1n) is 10.9. The largest absolute Gasteiger partial charge is 0.490 e. The van der Waals surface area contributed by atoms with Crippen molar-refractivity contribution in [1.82, 2.24) is 0 Å². The van der Waals surface area contributed by atoms with Crippen LogP contribution in [0, 0.1) is 0 Å². The fourth-order valence-electron chi connectivity index (χ4n) is 3.09. The third kappa shape index (κ3) is 7.38. The summed E-state index contributed by atoms with van der Waals surface area (Å²) in [6, 6.07) is 23.1. The van der Waals surface area contributed by atoms with Gasteiger partial charge in [0.1, 0.15) is 30.5 Å². The zero-order valence-corrected chi connectivity index (χ0v) is 18.9. The molecular formula is C27H28O6. The van der Waals surface area contributed by atoms with Crippen LogP contribution in [0.1, 0.15) is 42.1 Å². The summed E-state index contributed by atoms with van der Waals surface area (Å²) < 4.78 is 21.7. The van der Waals surface area contributed by atoms with E-state index in [-0.39, 0.29) is 19.8 Å². The second-order valence-electron chi connectivity index (χ2n) is 7.43. The van der Waals surface area contributed by atoms with Gasteiger partial charge in [-0.3, -0.25) is 0 Å². The first kappa shape index (κ1) is 23.9. The molecule has 0 aliphatic heterocycles. The van der Waals surface area contributed by atoms with E-state index in [1.165, 1.54) is 0 Å².